The zero-order valence-electron chi connectivity index (χ0n) is 11.3. The molecule has 1 aliphatic rings. The van der Waals surface area contributed by atoms with E-state index in [1.807, 2.05) is 0 Å². The van der Waals surface area contributed by atoms with Crippen LogP contribution in [0.5, 0.6) is 5.75 Å². The summed E-state index contributed by atoms with van der Waals surface area (Å²) >= 11 is 3.16. The predicted octanol–water partition coefficient (Wildman–Crippen LogP) is 2.33. The van der Waals surface area contributed by atoms with Gasteiger partial charge in [0.15, 0.2) is 0 Å². The number of rotatable bonds is 7. The minimum Gasteiger partial charge on any atom is -0.491 e. The quantitative estimate of drug-likeness (QED) is 0.572. The molecule has 2 N–H and O–H groups in total. The van der Waals surface area contributed by atoms with Crippen LogP contribution >= 0.6 is 15.9 Å². The van der Waals surface area contributed by atoms with Gasteiger partial charge in [-0.05, 0) is 25.8 Å². The molecular weight excluding hydrogens is 344 g/mol. The lowest BCUT2D eigenvalue weighted by atomic mass is 10.0. The normalized spacial score (nSPS) is 17.0. The molecule has 0 bridgehead atoms. The van der Waals surface area contributed by atoms with E-state index in [0.717, 1.165) is 12.8 Å². The van der Waals surface area contributed by atoms with Gasteiger partial charge in [0, 0.05) is 16.6 Å². The van der Waals surface area contributed by atoms with E-state index >= 15 is 0 Å². The Morgan fingerprint density at radius 2 is 2.24 bits per heavy atom. The van der Waals surface area contributed by atoms with Crippen LogP contribution in [0.1, 0.15) is 19.8 Å². The van der Waals surface area contributed by atoms with E-state index in [0.29, 0.717) is 4.47 Å². The van der Waals surface area contributed by atoms with Crippen LogP contribution in [0, 0.1) is 10.1 Å². The second-order valence-corrected chi connectivity index (χ2v) is 6.16. The number of nitro groups is 1. The molecule has 114 valence electrons. The van der Waals surface area contributed by atoms with Crippen LogP contribution < -0.4 is 10.1 Å². The lowest BCUT2D eigenvalue weighted by Crippen LogP contribution is -2.54. The van der Waals surface area contributed by atoms with Crippen molar-refractivity contribution in [3.63, 3.8) is 0 Å². The molecule has 0 radical (unpaired) electrons. The van der Waals surface area contributed by atoms with Crippen LogP contribution in [0.3, 0.4) is 0 Å². The third kappa shape index (κ3) is 4.15. The maximum Gasteiger partial charge on any atom is 0.327 e. The Labute approximate surface area is 129 Å². The van der Waals surface area contributed by atoms with Crippen LogP contribution in [0.25, 0.3) is 0 Å². The van der Waals surface area contributed by atoms with E-state index < -0.39 is 16.4 Å². The number of ether oxygens (including phenoxy) is 1. The molecule has 1 aromatic rings. The first kappa shape index (κ1) is 15.7. The van der Waals surface area contributed by atoms with Gasteiger partial charge in [0.2, 0.25) is 0 Å². The molecule has 0 heterocycles. The van der Waals surface area contributed by atoms with Crippen molar-refractivity contribution in [3.05, 3.63) is 32.8 Å². The molecule has 21 heavy (non-hydrogen) atoms. The standard InChI is InChI=1S/C13H15BrN2O5/c1-13(12(17)18,15-9-2-3-9)7-21-11-5-8(14)4-10(6-11)16(19)20/h4-6,9,15H,2-3,7H2,1H3,(H,17,18). The van der Waals surface area contributed by atoms with Gasteiger partial charge in [0.1, 0.15) is 17.9 Å². The fourth-order valence-corrected chi connectivity index (χ4v) is 2.27. The summed E-state index contributed by atoms with van der Waals surface area (Å²) in [5.74, 6) is -0.764. The van der Waals surface area contributed by atoms with Crippen LogP contribution in [0.15, 0.2) is 22.7 Å². The summed E-state index contributed by atoms with van der Waals surface area (Å²) in [4.78, 5) is 21.6. The van der Waals surface area contributed by atoms with Crippen molar-refractivity contribution in [1.82, 2.24) is 5.32 Å². The number of nitrogens with zero attached hydrogens (tertiary/aromatic N) is 1. The SMILES string of the molecule is CC(COc1cc(Br)cc([N+](=O)[O-])c1)(NC1CC1)C(=O)O. The first-order chi connectivity index (χ1) is 9.80. The third-order valence-corrected chi connectivity index (χ3v) is 3.62. The Morgan fingerprint density at radius 1 is 1.57 bits per heavy atom. The number of hydrogen-bond donors (Lipinski definition) is 2. The van der Waals surface area contributed by atoms with Crippen molar-refractivity contribution in [3.8, 4) is 5.75 Å². The molecule has 0 spiro atoms. The average Bonchev–Trinajstić information content (AvgIpc) is 3.19. The summed E-state index contributed by atoms with van der Waals surface area (Å²) in [7, 11) is 0. The number of nitrogens with one attached hydrogen (secondary N) is 1. The van der Waals surface area contributed by atoms with Crippen molar-refractivity contribution in [2.75, 3.05) is 6.61 Å². The first-order valence-corrected chi connectivity index (χ1v) is 7.18. The van der Waals surface area contributed by atoms with Gasteiger partial charge in [-0.15, -0.1) is 0 Å². The predicted molar refractivity (Wildman–Crippen MR) is 78.5 cm³/mol. The van der Waals surface area contributed by atoms with Crippen LogP contribution in [0.4, 0.5) is 5.69 Å². The van der Waals surface area contributed by atoms with Crippen molar-refractivity contribution in [1.29, 1.82) is 0 Å². The smallest absolute Gasteiger partial charge is 0.327 e. The summed E-state index contributed by atoms with van der Waals surface area (Å²) in [5, 5.41) is 23.1. The molecule has 1 unspecified atom stereocenters. The van der Waals surface area contributed by atoms with Crippen LogP contribution in [-0.2, 0) is 4.79 Å². The number of carbonyl (C=O) groups is 1. The number of carboxylic acid groups (broad SMARTS) is 1. The molecule has 1 saturated carbocycles. The number of hydrogen-bond acceptors (Lipinski definition) is 5. The lowest BCUT2D eigenvalue weighted by Gasteiger charge is -2.26. The summed E-state index contributed by atoms with van der Waals surface area (Å²) < 4.78 is 5.95. The summed E-state index contributed by atoms with van der Waals surface area (Å²) in [5.41, 5.74) is -1.34. The Bertz CT molecular complexity index is 576. The first-order valence-electron chi connectivity index (χ1n) is 6.39. The van der Waals surface area contributed by atoms with E-state index in [1.54, 1.807) is 13.0 Å². The van der Waals surface area contributed by atoms with E-state index in [9.17, 15) is 20.0 Å². The van der Waals surface area contributed by atoms with Gasteiger partial charge in [-0.2, -0.15) is 0 Å². The van der Waals surface area contributed by atoms with Crippen LogP contribution in [0.2, 0.25) is 0 Å². The van der Waals surface area contributed by atoms with E-state index in [4.69, 9.17) is 4.74 Å². The van der Waals surface area contributed by atoms with Gasteiger partial charge in [0.05, 0.1) is 11.0 Å². The van der Waals surface area contributed by atoms with E-state index in [-0.39, 0.29) is 24.1 Å². The molecule has 0 aliphatic heterocycles. The zero-order chi connectivity index (χ0) is 15.6. The Balaban J connectivity index is 2.09. The molecule has 1 aliphatic carbocycles. The highest BCUT2D eigenvalue weighted by Gasteiger charge is 2.39. The number of non-ortho nitro benzene ring substituents is 1. The van der Waals surface area contributed by atoms with Crippen molar-refractivity contribution in [2.24, 2.45) is 0 Å². The second-order valence-electron chi connectivity index (χ2n) is 5.25. The van der Waals surface area contributed by atoms with E-state index in [2.05, 4.69) is 21.2 Å². The van der Waals surface area contributed by atoms with Gasteiger partial charge >= 0.3 is 5.97 Å². The summed E-state index contributed by atoms with van der Waals surface area (Å²) in [6, 6.07) is 4.38. The second kappa shape index (κ2) is 5.98. The third-order valence-electron chi connectivity index (χ3n) is 3.17. The largest absolute Gasteiger partial charge is 0.491 e. The molecule has 0 aromatic heterocycles. The molecular formula is C13H15BrN2O5. The minimum atomic E-state index is -1.22. The Morgan fingerprint density at radius 3 is 2.76 bits per heavy atom. The lowest BCUT2D eigenvalue weighted by molar-refractivity contribution is -0.385. The Kier molecular flexibility index (Phi) is 4.48. The maximum absolute atomic E-state index is 11.4. The maximum atomic E-state index is 11.4. The fraction of sp³-hybridized carbons (Fsp3) is 0.462. The molecule has 1 aromatic carbocycles. The molecule has 1 atom stereocenters. The van der Waals surface area contributed by atoms with Gasteiger partial charge in [-0.25, -0.2) is 0 Å². The number of benzene rings is 1. The fourth-order valence-electron chi connectivity index (χ4n) is 1.81. The summed E-state index contributed by atoms with van der Waals surface area (Å²) in [6.07, 6.45) is 1.90. The van der Waals surface area contributed by atoms with Crippen molar-refractivity contribution < 1.29 is 19.6 Å². The van der Waals surface area contributed by atoms with Crippen LogP contribution in [-0.4, -0.2) is 34.2 Å². The van der Waals surface area contributed by atoms with Gasteiger partial charge in [-0.3, -0.25) is 20.2 Å². The molecule has 8 heteroatoms. The van der Waals surface area contributed by atoms with Crippen molar-refractivity contribution >= 4 is 27.6 Å². The van der Waals surface area contributed by atoms with Gasteiger partial charge in [-0.1, -0.05) is 15.9 Å². The molecule has 2 rings (SSSR count). The molecule has 7 nitrogen and oxygen atoms in total. The zero-order valence-corrected chi connectivity index (χ0v) is 12.9. The van der Waals surface area contributed by atoms with Crippen molar-refractivity contribution in [2.45, 2.75) is 31.3 Å². The topological polar surface area (TPSA) is 102 Å². The van der Waals surface area contributed by atoms with E-state index in [1.165, 1.54) is 12.1 Å². The number of aliphatic carboxylic acids is 1. The highest BCUT2D eigenvalue weighted by atomic mass is 79.9. The molecule has 0 saturated heterocycles. The number of halogens is 1. The highest BCUT2D eigenvalue weighted by molar-refractivity contribution is 9.10. The molecule has 0 amide bonds. The monoisotopic (exact) mass is 358 g/mol. The average molecular weight is 359 g/mol. The van der Waals surface area contributed by atoms with Gasteiger partial charge < -0.3 is 9.84 Å². The minimum absolute atomic E-state index is 0.119. The molecule has 1 fully saturated rings. The highest BCUT2D eigenvalue weighted by Crippen LogP contribution is 2.27. The number of carboxylic acids is 1. The Hall–Kier alpha value is -1.67. The summed E-state index contributed by atoms with van der Waals surface area (Å²) in [6.45, 7) is 1.42. The number of nitro benzene ring substituents is 1. The van der Waals surface area contributed by atoms with Gasteiger partial charge in [0.25, 0.3) is 5.69 Å².